The first-order valence-corrected chi connectivity index (χ1v) is 9.21. The molecule has 0 bridgehead atoms. The summed E-state index contributed by atoms with van der Waals surface area (Å²) in [6.07, 6.45) is 10.2. The van der Waals surface area contributed by atoms with Gasteiger partial charge in [-0.2, -0.15) is 0 Å². The van der Waals surface area contributed by atoms with Crippen molar-refractivity contribution < 1.29 is 13.6 Å². The van der Waals surface area contributed by atoms with Crippen molar-refractivity contribution in [3.8, 4) is 0 Å². The van der Waals surface area contributed by atoms with Gasteiger partial charge in [-0.3, -0.25) is 4.57 Å². The van der Waals surface area contributed by atoms with Crippen LogP contribution in [0.3, 0.4) is 0 Å². The van der Waals surface area contributed by atoms with Gasteiger partial charge in [-0.1, -0.05) is 39.5 Å². The van der Waals surface area contributed by atoms with Gasteiger partial charge < -0.3 is 9.05 Å². The largest absolute Gasteiger partial charge is 0.333 e. The van der Waals surface area contributed by atoms with Gasteiger partial charge in [0.2, 0.25) is 0 Å². The van der Waals surface area contributed by atoms with Crippen molar-refractivity contribution in [1.29, 1.82) is 0 Å². The minimum atomic E-state index is -2.91. The molecule has 0 aliphatic heterocycles. The van der Waals surface area contributed by atoms with Gasteiger partial charge >= 0.3 is 7.60 Å². The van der Waals surface area contributed by atoms with Crippen LogP contribution in [0.15, 0.2) is 0 Å². The number of rotatable bonds is 6. The first-order chi connectivity index (χ1) is 8.64. The van der Waals surface area contributed by atoms with Crippen molar-refractivity contribution >= 4 is 7.60 Å². The molecule has 0 spiro atoms. The van der Waals surface area contributed by atoms with Gasteiger partial charge in [0.05, 0.1) is 17.9 Å². The molecule has 0 N–H and O–H groups in total. The second kappa shape index (κ2) is 6.54. The third kappa shape index (κ3) is 3.59. The molecule has 0 aromatic carbocycles. The van der Waals surface area contributed by atoms with Gasteiger partial charge in [-0.15, -0.1) is 0 Å². The normalized spacial score (nSPS) is 24.8. The van der Waals surface area contributed by atoms with Crippen molar-refractivity contribution in [1.82, 2.24) is 0 Å². The van der Waals surface area contributed by atoms with Crippen LogP contribution in [-0.2, 0) is 13.6 Å². The molecule has 106 valence electrons. The van der Waals surface area contributed by atoms with Gasteiger partial charge in [0.1, 0.15) is 0 Å². The smallest absolute Gasteiger partial charge is 0.305 e. The Morgan fingerprint density at radius 2 is 1.39 bits per heavy atom. The summed E-state index contributed by atoms with van der Waals surface area (Å²) < 4.78 is 24.9. The fraction of sp³-hybridized carbons (Fsp3) is 1.00. The fourth-order valence-electron chi connectivity index (χ4n) is 2.86. The van der Waals surface area contributed by atoms with Crippen molar-refractivity contribution in [3.63, 3.8) is 0 Å². The molecule has 2 fully saturated rings. The molecule has 4 heteroatoms. The molecular formula is C14H27O3P. The molecule has 1 unspecified atom stereocenters. The van der Waals surface area contributed by atoms with E-state index in [1.165, 1.54) is 25.7 Å². The van der Waals surface area contributed by atoms with Crippen LogP contribution in [0.2, 0.25) is 0 Å². The maximum atomic E-state index is 13.0. The summed E-state index contributed by atoms with van der Waals surface area (Å²) in [5.41, 5.74) is 0.0266. The summed E-state index contributed by atoms with van der Waals surface area (Å²) in [4.78, 5) is 0. The monoisotopic (exact) mass is 274 g/mol. The summed E-state index contributed by atoms with van der Waals surface area (Å²) >= 11 is 0. The molecule has 0 amide bonds. The Balaban J connectivity index is 1.98. The molecular weight excluding hydrogens is 247 g/mol. The predicted molar refractivity (Wildman–Crippen MR) is 74.0 cm³/mol. The van der Waals surface area contributed by atoms with E-state index in [0.29, 0.717) is 0 Å². The zero-order chi connectivity index (χ0) is 13.0. The summed E-state index contributed by atoms with van der Waals surface area (Å²) in [6, 6.07) is 0. The molecule has 0 heterocycles. The first-order valence-electron chi connectivity index (χ1n) is 7.60. The molecule has 0 radical (unpaired) electrons. The van der Waals surface area contributed by atoms with Crippen molar-refractivity contribution in [2.24, 2.45) is 0 Å². The minimum absolute atomic E-state index is 0.0266. The Morgan fingerprint density at radius 1 is 1.00 bits per heavy atom. The van der Waals surface area contributed by atoms with Crippen LogP contribution in [0.25, 0.3) is 0 Å². The lowest BCUT2D eigenvalue weighted by molar-refractivity contribution is 0.113. The summed E-state index contributed by atoms with van der Waals surface area (Å²) in [5, 5.41) is 0. The summed E-state index contributed by atoms with van der Waals surface area (Å²) in [7, 11) is -2.91. The molecule has 2 saturated carbocycles. The van der Waals surface area contributed by atoms with E-state index in [0.717, 1.165) is 32.1 Å². The predicted octanol–water partition coefficient (Wildman–Crippen LogP) is 4.90. The van der Waals surface area contributed by atoms with Crippen LogP contribution in [0.5, 0.6) is 0 Å². The maximum absolute atomic E-state index is 13.0. The highest BCUT2D eigenvalue weighted by molar-refractivity contribution is 7.54. The van der Waals surface area contributed by atoms with Gasteiger partial charge in [-0.25, -0.2) is 0 Å². The fourth-order valence-corrected chi connectivity index (χ4v) is 5.02. The van der Waals surface area contributed by atoms with Crippen LogP contribution in [0.4, 0.5) is 0 Å². The molecule has 2 aliphatic rings. The number of hydrogen-bond acceptors (Lipinski definition) is 3. The second-order valence-corrected chi connectivity index (χ2v) is 8.20. The highest BCUT2D eigenvalue weighted by Crippen LogP contribution is 2.58. The zero-order valence-corrected chi connectivity index (χ0v) is 12.7. The summed E-state index contributed by atoms with van der Waals surface area (Å²) in [5.74, 6) is 0. The van der Waals surface area contributed by atoms with E-state index < -0.39 is 7.60 Å². The first kappa shape index (κ1) is 14.6. The van der Waals surface area contributed by atoms with E-state index in [-0.39, 0.29) is 17.9 Å². The van der Waals surface area contributed by atoms with E-state index in [9.17, 15) is 4.57 Å². The molecule has 0 saturated heterocycles. The average Bonchev–Trinajstić information content (AvgIpc) is 3.01. The Labute approximate surface area is 111 Å². The molecule has 18 heavy (non-hydrogen) atoms. The lowest BCUT2D eigenvalue weighted by Crippen LogP contribution is -2.18. The standard InChI is InChI=1S/C14H27O3P/c1-3-12(2)18(15,16-13-8-4-5-9-13)17-14-10-6-7-11-14/h12-14H,3-11H2,1-2H3. The average molecular weight is 274 g/mol. The van der Waals surface area contributed by atoms with Gasteiger partial charge in [0.25, 0.3) is 0 Å². The Morgan fingerprint density at radius 3 is 1.72 bits per heavy atom. The van der Waals surface area contributed by atoms with Crippen LogP contribution < -0.4 is 0 Å². The van der Waals surface area contributed by atoms with Crippen LogP contribution in [0.1, 0.15) is 71.6 Å². The SMILES string of the molecule is CCC(C)P(=O)(OC1CCCC1)OC1CCCC1. The van der Waals surface area contributed by atoms with Crippen molar-refractivity contribution in [3.05, 3.63) is 0 Å². The number of hydrogen-bond donors (Lipinski definition) is 0. The molecule has 2 rings (SSSR count). The molecule has 3 nitrogen and oxygen atoms in total. The Kier molecular flexibility index (Phi) is 5.29. The van der Waals surface area contributed by atoms with Gasteiger partial charge in [-0.05, 0) is 32.1 Å². The molecule has 0 aromatic rings. The van der Waals surface area contributed by atoms with E-state index >= 15 is 0 Å². The molecule has 0 aromatic heterocycles. The lowest BCUT2D eigenvalue weighted by Gasteiger charge is -2.29. The highest BCUT2D eigenvalue weighted by atomic mass is 31.2. The van der Waals surface area contributed by atoms with Crippen LogP contribution in [-0.4, -0.2) is 17.9 Å². The topological polar surface area (TPSA) is 35.5 Å². The minimum Gasteiger partial charge on any atom is -0.305 e. The Bertz CT molecular complexity index is 271. The quantitative estimate of drug-likeness (QED) is 0.646. The second-order valence-electron chi connectivity index (χ2n) is 5.82. The summed E-state index contributed by atoms with van der Waals surface area (Å²) in [6.45, 7) is 4.07. The third-order valence-electron chi connectivity index (χ3n) is 4.33. The van der Waals surface area contributed by atoms with Crippen molar-refractivity contribution in [2.75, 3.05) is 0 Å². The van der Waals surface area contributed by atoms with Gasteiger partial charge in [0, 0.05) is 0 Å². The lowest BCUT2D eigenvalue weighted by atomic mass is 10.3. The highest BCUT2D eigenvalue weighted by Gasteiger charge is 2.38. The van der Waals surface area contributed by atoms with E-state index in [4.69, 9.17) is 9.05 Å². The third-order valence-corrected chi connectivity index (χ3v) is 6.96. The van der Waals surface area contributed by atoms with Crippen LogP contribution >= 0.6 is 7.60 Å². The maximum Gasteiger partial charge on any atom is 0.333 e. The van der Waals surface area contributed by atoms with E-state index in [1.807, 2.05) is 6.92 Å². The van der Waals surface area contributed by atoms with Gasteiger partial charge in [0.15, 0.2) is 0 Å². The van der Waals surface area contributed by atoms with Crippen molar-refractivity contribution in [2.45, 2.75) is 89.5 Å². The van der Waals surface area contributed by atoms with E-state index in [2.05, 4.69) is 6.92 Å². The Hall–Kier alpha value is 0.150. The van der Waals surface area contributed by atoms with E-state index in [1.54, 1.807) is 0 Å². The zero-order valence-electron chi connectivity index (χ0n) is 11.8. The molecule has 1 atom stereocenters. The van der Waals surface area contributed by atoms with Crippen LogP contribution in [0, 0.1) is 0 Å². The molecule has 2 aliphatic carbocycles.